The summed E-state index contributed by atoms with van der Waals surface area (Å²) in [6.45, 7) is 13.5. The fourth-order valence-corrected chi connectivity index (χ4v) is 2.36. The maximum absolute atomic E-state index is 12.4. The number of piperidine rings is 1. The second kappa shape index (κ2) is 6.79. The fraction of sp³-hybridized carbons (Fsp3) is 0.938. The van der Waals surface area contributed by atoms with Crippen LogP contribution in [0, 0.1) is 0 Å². The van der Waals surface area contributed by atoms with Gasteiger partial charge in [-0.05, 0) is 53.9 Å². The summed E-state index contributed by atoms with van der Waals surface area (Å²) in [4.78, 5) is 14.2. The number of unbranched alkanes of at least 4 members (excludes halogenated alkanes) is 1. The molecule has 4 nitrogen and oxygen atoms in total. The maximum atomic E-state index is 12.4. The van der Waals surface area contributed by atoms with Crippen molar-refractivity contribution in [1.82, 2.24) is 4.90 Å². The largest absolute Gasteiger partial charge is 0.444 e. The zero-order valence-electron chi connectivity index (χ0n) is 14.0. The van der Waals surface area contributed by atoms with Crippen LogP contribution in [0.15, 0.2) is 0 Å². The molecule has 1 amide bonds. The van der Waals surface area contributed by atoms with Crippen molar-refractivity contribution >= 4 is 6.09 Å². The minimum atomic E-state index is -0.455. The molecule has 1 saturated heterocycles. The van der Waals surface area contributed by atoms with Gasteiger partial charge in [0.2, 0.25) is 0 Å². The van der Waals surface area contributed by atoms with E-state index in [0.29, 0.717) is 6.54 Å². The summed E-state index contributed by atoms with van der Waals surface area (Å²) < 4.78 is 11.4. The highest BCUT2D eigenvalue weighted by molar-refractivity contribution is 5.69. The molecule has 20 heavy (non-hydrogen) atoms. The van der Waals surface area contributed by atoms with Gasteiger partial charge in [-0.15, -0.1) is 0 Å². The molecule has 0 saturated carbocycles. The molecule has 0 aliphatic carbocycles. The number of amides is 1. The van der Waals surface area contributed by atoms with E-state index in [1.807, 2.05) is 25.7 Å². The molecule has 0 spiro atoms. The number of nitrogens with zero attached hydrogens (tertiary/aromatic N) is 1. The first kappa shape index (κ1) is 17.3. The molecule has 0 aromatic carbocycles. The summed E-state index contributed by atoms with van der Waals surface area (Å²) in [5, 5.41) is 0. The number of rotatable bonds is 4. The molecule has 0 aromatic heterocycles. The molecule has 1 rings (SSSR count). The summed E-state index contributed by atoms with van der Waals surface area (Å²) in [7, 11) is 0. The Morgan fingerprint density at radius 3 is 2.55 bits per heavy atom. The molecule has 0 bridgehead atoms. The Balaban J connectivity index is 2.62. The minimum absolute atomic E-state index is 0.141. The molecule has 118 valence electrons. The first-order valence-corrected chi connectivity index (χ1v) is 7.78. The van der Waals surface area contributed by atoms with Crippen LogP contribution in [0.4, 0.5) is 4.79 Å². The number of hydrogen-bond donors (Lipinski definition) is 0. The van der Waals surface area contributed by atoms with Gasteiger partial charge < -0.3 is 14.4 Å². The monoisotopic (exact) mass is 285 g/mol. The van der Waals surface area contributed by atoms with Crippen molar-refractivity contribution in [3.63, 3.8) is 0 Å². The lowest BCUT2D eigenvalue weighted by Crippen LogP contribution is -2.56. The van der Waals surface area contributed by atoms with Gasteiger partial charge in [0.15, 0.2) is 0 Å². The van der Waals surface area contributed by atoms with Crippen molar-refractivity contribution in [1.29, 1.82) is 0 Å². The highest BCUT2D eigenvalue weighted by atomic mass is 16.6. The van der Waals surface area contributed by atoms with Crippen LogP contribution >= 0.6 is 0 Å². The van der Waals surface area contributed by atoms with Crippen molar-refractivity contribution in [2.45, 2.75) is 84.5 Å². The molecular weight excluding hydrogens is 254 g/mol. The number of ether oxygens (including phenoxy) is 2. The Morgan fingerprint density at radius 2 is 2.00 bits per heavy atom. The molecule has 1 fully saturated rings. The van der Waals surface area contributed by atoms with Gasteiger partial charge in [-0.3, -0.25) is 0 Å². The van der Waals surface area contributed by atoms with E-state index >= 15 is 0 Å². The van der Waals surface area contributed by atoms with Crippen LogP contribution in [0.1, 0.15) is 67.2 Å². The van der Waals surface area contributed by atoms with Crippen LogP contribution in [0.2, 0.25) is 0 Å². The van der Waals surface area contributed by atoms with E-state index in [9.17, 15) is 4.79 Å². The average Bonchev–Trinajstić information content (AvgIpc) is 2.28. The Kier molecular flexibility index (Phi) is 5.87. The molecule has 1 aliphatic heterocycles. The molecule has 0 radical (unpaired) electrons. The van der Waals surface area contributed by atoms with E-state index < -0.39 is 5.60 Å². The van der Waals surface area contributed by atoms with Gasteiger partial charge in [-0.1, -0.05) is 13.3 Å². The van der Waals surface area contributed by atoms with Crippen LogP contribution in [0.5, 0.6) is 0 Å². The van der Waals surface area contributed by atoms with Crippen LogP contribution in [0.25, 0.3) is 0 Å². The van der Waals surface area contributed by atoms with E-state index in [-0.39, 0.29) is 17.7 Å². The Bertz CT molecular complexity index is 320. The number of carbonyl (C=O) groups excluding carboxylic acids is 1. The molecule has 0 N–H and O–H groups in total. The SMILES string of the molecule is CCCCOC1CCC(C)(C)N(C(=O)OC(C)(C)C)C1. The third-order valence-electron chi connectivity index (χ3n) is 3.66. The standard InChI is InChI=1S/C16H31NO3/c1-7-8-11-19-13-9-10-16(5,6)17(12-13)14(18)20-15(2,3)4/h13H,7-12H2,1-6H3. The lowest BCUT2D eigenvalue weighted by molar-refractivity contribution is -0.0564. The Morgan fingerprint density at radius 1 is 1.35 bits per heavy atom. The van der Waals surface area contributed by atoms with Crippen molar-refractivity contribution in [2.24, 2.45) is 0 Å². The van der Waals surface area contributed by atoms with Crippen molar-refractivity contribution < 1.29 is 14.3 Å². The van der Waals surface area contributed by atoms with Gasteiger partial charge in [0.05, 0.1) is 12.6 Å². The molecule has 1 aliphatic rings. The predicted octanol–water partition coefficient (Wildman–Crippen LogP) is 3.98. The minimum Gasteiger partial charge on any atom is -0.444 e. The van der Waals surface area contributed by atoms with E-state index in [1.54, 1.807) is 0 Å². The first-order valence-electron chi connectivity index (χ1n) is 7.78. The summed E-state index contributed by atoms with van der Waals surface area (Å²) in [6.07, 6.45) is 4.08. The van der Waals surface area contributed by atoms with E-state index in [1.165, 1.54) is 0 Å². The van der Waals surface area contributed by atoms with Gasteiger partial charge in [0, 0.05) is 12.1 Å². The summed E-state index contributed by atoms with van der Waals surface area (Å²) in [5.41, 5.74) is -0.615. The first-order chi connectivity index (χ1) is 9.15. The fourth-order valence-electron chi connectivity index (χ4n) is 2.36. The highest BCUT2D eigenvalue weighted by Crippen LogP contribution is 2.30. The lowest BCUT2D eigenvalue weighted by atomic mass is 9.89. The van der Waals surface area contributed by atoms with Gasteiger partial charge in [0.1, 0.15) is 5.60 Å². The number of hydrogen-bond acceptors (Lipinski definition) is 3. The smallest absolute Gasteiger partial charge is 0.410 e. The predicted molar refractivity (Wildman–Crippen MR) is 80.9 cm³/mol. The van der Waals surface area contributed by atoms with E-state index in [2.05, 4.69) is 20.8 Å². The van der Waals surface area contributed by atoms with Gasteiger partial charge in [-0.25, -0.2) is 4.79 Å². The summed E-state index contributed by atoms with van der Waals surface area (Å²) in [5.74, 6) is 0. The molecule has 1 heterocycles. The van der Waals surface area contributed by atoms with Crippen molar-refractivity contribution in [3.8, 4) is 0 Å². The molecule has 1 unspecified atom stereocenters. The second-order valence-electron chi connectivity index (χ2n) is 7.29. The summed E-state index contributed by atoms with van der Waals surface area (Å²) >= 11 is 0. The van der Waals surface area contributed by atoms with Crippen molar-refractivity contribution in [3.05, 3.63) is 0 Å². The normalized spacial score (nSPS) is 22.7. The van der Waals surface area contributed by atoms with Crippen molar-refractivity contribution in [2.75, 3.05) is 13.2 Å². The molecule has 0 aromatic rings. The van der Waals surface area contributed by atoms with E-state index in [4.69, 9.17) is 9.47 Å². The summed E-state index contributed by atoms with van der Waals surface area (Å²) in [6, 6.07) is 0. The van der Waals surface area contributed by atoms with Gasteiger partial charge in [-0.2, -0.15) is 0 Å². The third kappa shape index (κ3) is 5.31. The second-order valence-corrected chi connectivity index (χ2v) is 7.29. The van der Waals surface area contributed by atoms with E-state index in [0.717, 1.165) is 32.3 Å². The van der Waals surface area contributed by atoms with Gasteiger partial charge in [0.25, 0.3) is 0 Å². The zero-order chi connectivity index (χ0) is 15.4. The number of likely N-dealkylation sites (tertiary alicyclic amines) is 1. The van der Waals surface area contributed by atoms with Crippen LogP contribution < -0.4 is 0 Å². The Labute approximate surface area is 123 Å². The highest BCUT2D eigenvalue weighted by Gasteiger charge is 2.39. The third-order valence-corrected chi connectivity index (χ3v) is 3.66. The van der Waals surface area contributed by atoms with Gasteiger partial charge >= 0.3 is 6.09 Å². The topological polar surface area (TPSA) is 38.8 Å². The Hall–Kier alpha value is -0.770. The number of carbonyl (C=O) groups is 1. The maximum Gasteiger partial charge on any atom is 0.410 e. The van der Waals surface area contributed by atoms with Crippen LogP contribution in [-0.4, -0.2) is 41.4 Å². The average molecular weight is 285 g/mol. The van der Waals surface area contributed by atoms with Crippen LogP contribution in [0.3, 0.4) is 0 Å². The lowest BCUT2D eigenvalue weighted by Gasteiger charge is -2.45. The zero-order valence-corrected chi connectivity index (χ0v) is 14.0. The molecule has 4 heteroatoms. The van der Waals surface area contributed by atoms with Crippen LogP contribution in [-0.2, 0) is 9.47 Å². The molecule has 1 atom stereocenters. The molecular formula is C16H31NO3. The quantitative estimate of drug-likeness (QED) is 0.733.